The molecule has 0 aromatic rings. The van der Waals surface area contributed by atoms with Gasteiger partial charge in [0.15, 0.2) is 0 Å². The molecule has 0 aliphatic heterocycles. The summed E-state index contributed by atoms with van der Waals surface area (Å²) in [7, 11) is 0. The Balaban J connectivity index is 0. The summed E-state index contributed by atoms with van der Waals surface area (Å²) in [5.74, 6) is -0.928. The number of rotatable bonds is 16. The minimum Gasteiger partial charge on any atom is -0.550 e. The molecule has 22 heavy (non-hydrogen) atoms. The molecule has 0 aliphatic carbocycles. The van der Waals surface area contributed by atoms with E-state index in [1.165, 1.54) is 51.4 Å². The first-order valence-corrected chi connectivity index (χ1v) is 9.04. The minimum atomic E-state index is -0.928. The molecule has 0 aromatic heterocycles. The van der Waals surface area contributed by atoms with Crippen LogP contribution in [0.4, 0.5) is 0 Å². The Morgan fingerprint density at radius 3 is 1.68 bits per heavy atom. The zero-order valence-electron chi connectivity index (χ0n) is 14.7. The zero-order chi connectivity index (χ0) is 15.8. The van der Waals surface area contributed by atoms with Crippen LogP contribution in [-0.2, 0) is 4.79 Å². The second kappa shape index (κ2) is 19.7. The molecule has 0 radical (unpaired) electrons. The molecular formula is C18H35CaO3+. The van der Waals surface area contributed by atoms with E-state index in [1.54, 1.807) is 0 Å². The summed E-state index contributed by atoms with van der Waals surface area (Å²) in [6.07, 6.45) is 15.9. The number of hydrogen-bond acceptors (Lipinski definition) is 3. The first-order valence-electron chi connectivity index (χ1n) is 9.04. The first kappa shape index (κ1) is 24.9. The maximum atomic E-state index is 10.2. The Hall–Kier alpha value is 0.690. The Morgan fingerprint density at radius 2 is 1.23 bits per heavy atom. The molecule has 0 heterocycles. The molecular weight excluding hydrogens is 304 g/mol. The second-order valence-electron chi connectivity index (χ2n) is 6.24. The van der Waals surface area contributed by atoms with Crippen molar-refractivity contribution >= 4 is 43.7 Å². The van der Waals surface area contributed by atoms with Crippen molar-refractivity contribution in [2.75, 3.05) is 0 Å². The molecule has 0 spiro atoms. The van der Waals surface area contributed by atoms with Gasteiger partial charge in [-0.2, -0.15) is 0 Å². The molecule has 0 aromatic carbocycles. The number of carboxylic acids is 1. The van der Waals surface area contributed by atoms with Crippen LogP contribution in [0, 0.1) is 0 Å². The van der Waals surface area contributed by atoms with Gasteiger partial charge in [0.25, 0.3) is 0 Å². The summed E-state index contributed by atoms with van der Waals surface area (Å²) in [6, 6.07) is 0. The number of hydrogen-bond donors (Lipinski definition) is 1. The SMILES string of the molecule is CCCCCCC(O)CCCCCCCCCCC(=O)[O-].[Ca+2]. The molecule has 0 rings (SSSR count). The molecule has 0 fully saturated rings. The van der Waals surface area contributed by atoms with E-state index in [0.717, 1.165) is 38.5 Å². The maximum Gasteiger partial charge on any atom is 2.00 e. The topological polar surface area (TPSA) is 60.4 Å². The fourth-order valence-corrected chi connectivity index (χ4v) is 2.66. The molecule has 1 unspecified atom stereocenters. The summed E-state index contributed by atoms with van der Waals surface area (Å²) in [5.41, 5.74) is 0. The summed E-state index contributed by atoms with van der Waals surface area (Å²) in [5, 5.41) is 20.1. The third kappa shape index (κ3) is 20.7. The van der Waals surface area contributed by atoms with Crippen LogP contribution < -0.4 is 5.11 Å². The number of unbranched alkanes of at least 4 members (excludes halogenated alkanes) is 10. The van der Waals surface area contributed by atoms with E-state index in [1.807, 2.05) is 0 Å². The Labute approximate surface area is 167 Å². The van der Waals surface area contributed by atoms with Crippen molar-refractivity contribution in [2.24, 2.45) is 0 Å². The van der Waals surface area contributed by atoms with E-state index in [2.05, 4.69) is 6.92 Å². The minimum absolute atomic E-state index is 0. The normalized spacial score (nSPS) is 11.9. The van der Waals surface area contributed by atoms with Crippen molar-refractivity contribution < 1.29 is 15.0 Å². The molecule has 0 amide bonds. The number of aliphatic hydroxyl groups is 1. The smallest absolute Gasteiger partial charge is 0.550 e. The Kier molecular flexibility index (Phi) is 22.4. The van der Waals surface area contributed by atoms with Gasteiger partial charge in [-0.3, -0.25) is 0 Å². The zero-order valence-corrected chi connectivity index (χ0v) is 16.9. The van der Waals surface area contributed by atoms with Crippen molar-refractivity contribution in [3.05, 3.63) is 0 Å². The quantitative estimate of drug-likeness (QED) is 0.345. The number of aliphatic carboxylic acids is 1. The van der Waals surface area contributed by atoms with Gasteiger partial charge < -0.3 is 15.0 Å². The van der Waals surface area contributed by atoms with Crippen LogP contribution in [-0.4, -0.2) is 54.9 Å². The molecule has 126 valence electrons. The predicted octanol–water partition coefficient (Wildman–Crippen LogP) is 3.59. The molecule has 3 nitrogen and oxygen atoms in total. The number of carbonyl (C=O) groups excluding carboxylic acids is 1. The van der Waals surface area contributed by atoms with Gasteiger partial charge in [-0.15, -0.1) is 0 Å². The van der Waals surface area contributed by atoms with Gasteiger partial charge >= 0.3 is 37.7 Å². The average Bonchev–Trinajstić information content (AvgIpc) is 2.45. The standard InChI is InChI=1S/C18H36O3.Ca/c1-2-3-4-11-14-17(19)15-12-9-7-5-6-8-10-13-16-18(20)21;/h17,19H,2-16H2,1H3,(H,20,21);/q;+2/p-1. The number of aliphatic hydroxyl groups excluding tert-OH is 1. The van der Waals surface area contributed by atoms with Crippen LogP contribution in [0.3, 0.4) is 0 Å². The number of carboxylic acid groups (broad SMARTS) is 1. The van der Waals surface area contributed by atoms with E-state index in [0.29, 0.717) is 0 Å². The van der Waals surface area contributed by atoms with Gasteiger partial charge in [0.1, 0.15) is 0 Å². The summed E-state index contributed by atoms with van der Waals surface area (Å²) >= 11 is 0. The van der Waals surface area contributed by atoms with E-state index in [4.69, 9.17) is 0 Å². The molecule has 0 saturated heterocycles. The fraction of sp³-hybridized carbons (Fsp3) is 0.944. The van der Waals surface area contributed by atoms with Gasteiger partial charge in [0.2, 0.25) is 0 Å². The van der Waals surface area contributed by atoms with Crippen molar-refractivity contribution in [1.29, 1.82) is 0 Å². The third-order valence-corrected chi connectivity index (χ3v) is 4.06. The fourth-order valence-electron chi connectivity index (χ4n) is 2.66. The third-order valence-electron chi connectivity index (χ3n) is 4.06. The largest absolute Gasteiger partial charge is 2.00 e. The molecule has 0 bridgehead atoms. The van der Waals surface area contributed by atoms with Gasteiger partial charge in [-0.25, -0.2) is 0 Å². The molecule has 0 saturated carbocycles. The summed E-state index contributed by atoms with van der Waals surface area (Å²) in [6.45, 7) is 2.21. The van der Waals surface area contributed by atoms with Crippen molar-refractivity contribution in [2.45, 2.75) is 109 Å². The van der Waals surface area contributed by atoms with Crippen molar-refractivity contribution in [3.8, 4) is 0 Å². The second-order valence-corrected chi connectivity index (χ2v) is 6.24. The van der Waals surface area contributed by atoms with Gasteiger partial charge in [0.05, 0.1) is 6.10 Å². The van der Waals surface area contributed by atoms with Crippen LogP contribution in [0.5, 0.6) is 0 Å². The summed E-state index contributed by atoms with van der Waals surface area (Å²) in [4.78, 5) is 10.2. The van der Waals surface area contributed by atoms with Crippen LogP contribution >= 0.6 is 0 Å². The maximum absolute atomic E-state index is 10.2. The van der Waals surface area contributed by atoms with E-state index in [-0.39, 0.29) is 50.3 Å². The van der Waals surface area contributed by atoms with E-state index >= 15 is 0 Å². The molecule has 1 N–H and O–H groups in total. The van der Waals surface area contributed by atoms with Crippen LogP contribution in [0.25, 0.3) is 0 Å². The molecule has 0 aliphatic rings. The number of carbonyl (C=O) groups is 1. The van der Waals surface area contributed by atoms with Crippen molar-refractivity contribution in [3.63, 3.8) is 0 Å². The predicted molar refractivity (Wildman–Crippen MR) is 91.7 cm³/mol. The van der Waals surface area contributed by atoms with E-state index < -0.39 is 5.97 Å². The van der Waals surface area contributed by atoms with Crippen LogP contribution in [0.15, 0.2) is 0 Å². The van der Waals surface area contributed by atoms with Crippen LogP contribution in [0.2, 0.25) is 0 Å². The van der Waals surface area contributed by atoms with E-state index in [9.17, 15) is 15.0 Å². The molecule has 1 atom stereocenters. The Morgan fingerprint density at radius 1 is 0.818 bits per heavy atom. The van der Waals surface area contributed by atoms with Gasteiger partial charge in [-0.1, -0.05) is 77.6 Å². The van der Waals surface area contributed by atoms with Gasteiger partial charge in [-0.05, 0) is 25.7 Å². The molecule has 4 heteroatoms. The summed E-state index contributed by atoms with van der Waals surface area (Å²) < 4.78 is 0. The Bertz CT molecular complexity index is 234. The monoisotopic (exact) mass is 339 g/mol. The van der Waals surface area contributed by atoms with Gasteiger partial charge in [0, 0.05) is 5.97 Å². The van der Waals surface area contributed by atoms with Crippen molar-refractivity contribution in [1.82, 2.24) is 0 Å². The average molecular weight is 340 g/mol. The van der Waals surface area contributed by atoms with Crippen LogP contribution in [0.1, 0.15) is 103 Å². The first-order chi connectivity index (χ1) is 10.2.